The van der Waals surface area contributed by atoms with Crippen LogP contribution in [-0.2, 0) is 38.4 Å². The maximum absolute atomic E-state index is 13.0. The van der Waals surface area contributed by atoms with Gasteiger partial charge in [-0.25, -0.2) is 24.7 Å². The van der Waals surface area contributed by atoms with Gasteiger partial charge in [-0.1, -0.05) is 76.2 Å². The fourth-order valence-electron chi connectivity index (χ4n) is 13.8. The first-order valence-electron chi connectivity index (χ1n) is 38.2. The van der Waals surface area contributed by atoms with Gasteiger partial charge in [-0.15, -0.1) is 0 Å². The molecule has 121 heavy (non-hydrogen) atoms. The normalized spacial score (nSPS) is 18.3. The number of phenols is 4. The number of primary amides is 4. The second-order valence-electron chi connectivity index (χ2n) is 29.2. The fourth-order valence-corrected chi connectivity index (χ4v) is 13.8. The molecule has 0 saturated carbocycles. The van der Waals surface area contributed by atoms with Gasteiger partial charge in [0.1, 0.15) is 45.3 Å². The molecule has 4 aliphatic heterocycles. The number of aromatic hydroxyl groups is 4. The lowest BCUT2D eigenvalue weighted by atomic mass is 9.89. The molecule has 0 aliphatic carbocycles. The quantitative estimate of drug-likeness (QED) is 0.0426. The highest BCUT2D eigenvalue weighted by atomic mass is 16.5. The van der Waals surface area contributed by atoms with Gasteiger partial charge in [0.05, 0.1) is 94.1 Å². The molecular formula is C84H98N16O21. The third-order valence-corrected chi connectivity index (χ3v) is 20.1. The van der Waals surface area contributed by atoms with Crippen molar-refractivity contribution in [1.29, 1.82) is 0 Å². The van der Waals surface area contributed by atoms with Crippen LogP contribution in [-0.4, -0.2) is 186 Å². The van der Waals surface area contributed by atoms with Gasteiger partial charge in [-0.2, -0.15) is 0 Å². The molecule has 8 aromatic rings. The van der Waals surface area contributed by atoms with Crippen molar-refractivity contribution < 1.29 is 102 Å². The maximum Gasteiger partial charge on any atom is 0.394 e. The van der Waals surface area contributed by atoms with E-state index in [0.29, 0.717) is 50.7 Å². The van der Waals surface area contributed by atoms with Crippen LogP contribution in [0.4, 0.5) is 22.7 Å². The minimum absolute atomic E-state index is 0.00341. The van der Waals surface area contributed by atoms with Gasteiger partial charge in [0.15, 0.2) is 0 Å². The Labute approximate surface area is 695 Å². The maximum atomic E-state index is 13.0. The van der Waals surface area contributed by atoms with Crippen LogP contribution in [0.25, 0.3) is 0 Å². The molecule has 640 valence electrons. The number of phenolic OH excluding ortho intramolecular Hbond substituents is 4. The number of aromatic nitrogens is 4. The second kappa shape index (κ2) is 43.1. The first kappa shape index (κ1) is 92.0. The largest absolute Gasteiger partial charge is 0.508 e. The lowest BCUT2D eigenvalue weighted by molar-refractivity contribution is -0.147. The summed E-state index contributed by atoms with van der Waals surface area (Å²) in [4.78, 5) is 164. The standard InChI is InChI=1S/3C21H24N4O5.C12H17NO.C9H9N3O5/c3*1-12-3-8-17(13-4-6-15(26)7-5-13)25(11-12)21(29)19(28)24-14-9-16(18(22)27)20(30-2)23-10-14;1-9-2-7-12(13-8-9)10-3-5-11(14)6-4-10;1-17-8-5(6(10)13)2-4(3-11-8)12-7(14)9(15)16/h3*4-7,9-10,12,17,26H,3,8,11H2,1-2H3,(H2,22,27)(H,24,28);3-6,9,12-14H,2,7-8H2,1H3;2-3H,1H3,(H2,10,13)(H,12,14)(H,15,16)/t3*12-,17+;;/m100../s1. The highest BCUT2D eigenvalue weighted by Crippen LogP contribution is 2.38. The highest BCUT2D eigenvalue weighted by molar-refractivity contribution is 6.41. The number of amides is 11. The van der Waals surface area contributed by atoms with Crippen LogP contribution in [0, 0.1) is 23.7 Å². The Balaban J connectivity index is 0.000000193. The molecule has 8 heterocycles. The molecule has 4 saturated heterocycles. The summed E-state index contributed by atoms with van der Waals surface area (Å²) in [6.07, 6.45) is 12.4. The van der Waals surface area contributed by atoms with Gasteiger partial charge < -0.3 is 109 Å². The van der Waals surface area contributed by atoms with Gasteiger partial charge in [-0.3, -0.25) is 52.7 Å². The van der Waals surface area contributed by atoms with Gasteiger partial charge in [0.2, 0.25) is 23.5 Å². The Bertz CT molecular complexity index is 4680. The number of benzene rings is 4. The van der Waals surface area contributed by atoms with Crippen molar-refractivity contribution in [3.05, 3.63) is 191 Å². The molecule has 0 bridgehead atoms. The molecule has 37 heteroatoms. The highest BCUT2D eigenvalue weighted by Gasteiger charge is 2.38. The molecule has 4 fully saturated rings. The zero-order chi connectivity index (χ0) is 88.5. The number of rotatable bonds is 16. The SMILES string of the molecule is CC1CCC(c2ccc(O)cc2)NC1.COc1ncc(NC(=O)C(=O)N2C[C@@H](C)CC[C@@H]2c2ccc(O)cc2)cc1C(N)=O.COc1ncc(NC(=O)C(=O)N2C[C@@H](C)CC[C@@H]2c2ccc(O)cc2)cc1C(N)=O.COc1ncc(NC(=O)C(=O)N2C[C@H](C)CC[C@H]2c2ccc(O)cc2)cc1C(N)=O.COc1ncc(NC(=O)C(=O)O)cc1C(N)=O. The van der Waals surface area contributed by atoms with Crippen LogP contribution in [0.15, 0.2) is 146 Å². The number of carboxylic acid groups (broad SMARTS) is 1. The zero-order valence-electron chi connectivity index (χ0n) is 67.7. The minimum Gasteiger partial charge on any atom is -0.508 e. The van der Waals surface area contributed by atoms with Crippen molar-refractivity contribution in [3.8, 4) is 46.5 Å². The smallest absolute Gasteiger partial charge is 0.394 e. The Morgan fingerprint density at radius 1 is 0.355 bits per heavy atom. The number of hydrogen-bond acceptors (Lipinski definition) is 25. The number of ether oxygens (including phenoxy) is 4. The van der Waals surface area contributed by atoms with E-state index in [-0.39, 0.29) is 122 Å². The predicted molar refractivity (Wildman–Crippen MR) is 440 cm³/mol. The lowest BCUT2D eigenvalue weighted by Gasteiger charge is -2.38. The summed E-state index contributed by atoms with van der Waals surface area (Å²) in [6, 6.07) is 32.2. The number of anilines is 4. The van der Waals surface area contributed by atoms with Crippen molar-refractivity contribution >= 4 is 93.7 Å². The first-order valence-corrected chi connectivity index (χ1v) is 38.2. The number of hydrogen-bond donors (Lipinski definition) is 14. The monoisotopic (exact) mass is 1670 g/mol. The fraction of sp³-hybridized carbons (Fsp3) is 0.333. The molecule has 8 atom stereocenters. The number of nitrogens with zero attached hydrogens (tertiary/aromatic N) is 7. The van der Waals surface area contributed by atoms with E-state index in [4.69, 9.17) is 47.0 Å². The number of carbonyl (C=O) groups excluding carboxylic acids is 11. The summed E-state index contributed by atoms with van der Waals surface area (Å²) in [5, 5.41) is 59.1. The van der Waals surface area contributed by atoms with Crippen LogP contribution >= 0.6 is 0 Å². The first-order chi connectivity index (χ1) is 57.6. The topological polar surface area (TPSA) is 568 Å². The number of carbonyl (C=O) groups is 12. The van der Waals surface area contributed by atoms with E-state index < -0.39 is 70.9 Å². The van der Waals surface area contributed by atoms with E-state index in [9.17, 15) is 78.0 Å². The Kier molecular flexibility index (Phi) is 32.8. The lowest BCUT2D eigenvalue weighted by Crippen LogP contribution is -2.46. The number of piperidine rings is 4. The van der Waals surface area contributed by atoms with Gasteiger partial charge >= 0.3 is 47.3 Å². The zero-order valence-corrected chi connectivity index (χ0v) is 67.7. The number of pyridine rings is 4. The van der Waals surface area contributed by atoms with E-state index in [1.807, 2.05) is 38.2 Å². The average Bonchev–Trinajstić information content (AvgIpc) is 0.808. The molecule has 37 nitrogen and oxygen atoms in total. The third-order valence-electron chi connectivity index (χ3n) is 20.1. The van der Waals surface area contributed by atoms with Crippen molar-refractivity contribution in [3.63, 3.8) is 0 Å². The van der Waals surface area contributed by atoms with Crippen LogP contribution in [0.3, 0.4) is 0 Å². The van der Waals surface area contributed by atoms with E-state index in [0.717, 1.165) is 54.6 Å². The van der Waals surface area contributed by atoms with Gasteiger partial charge in [0.25, 0.3) is 23.6 Å². The Morgan fingerprint density at radius 3 is 0.818 bits per heavy atom. The van der Waals surface area contributed by atoms with E-state index in [2.05, 4.69) is 48.1 Å². The summed E-state index contributed by atoms with van der Waals surface area (Å²) in [7, 11) is 5.33. The molecule has 4 aliphatic rings. The molecule has 0 radical (unpaired) electrons. The molecule has 0 spiro atoms. The van der Waals surface area contributed by atoms with Crippen molar-refractivity contribution in [2.24, 2.45) is 46.6 Å². The molecule has 11 amide bonds. The summed E-state index contributed by atoms with van der Waals surface area (Å²) < 4.78 is 19.7. The number of methoxy groups -OCH3 is 4. The van der Waals surface area contributed by atoms with E-state index in [1.165, 1.54) is 89.7 Å². The Morgan fingerprint density at radius 2 is 0.595 bits per heavy atom. The average molecular weight is 1670 g/mol. The molecular weight excluding hydrogens is 1570 g/mol. The van der Waals surface area contributed by atoms with Crippen molar-refractivity contribution in [2.75, 3.05) is 75.9 Å². The number of likely N-dealkylation sites (tertiary alicyclic amines) is 3. The van der Waals surface area contributed by atoms with Crippen LogP contribution in [0.5, 0.6) is 46.5 Å². The predicted octanol–water partition coefficient (Wildman–Crippen LogP) is 7.16. The third kappa shape index (κ3) is 25.5. The van der Waals surface area contributed by atoms with Crippen LogP contribution in [0.1, 0.15) is 167 Å². The van der Waals surface area contributed by atoms with Crippen LogP contribution < -0.4 is 68.5 Å². The van der Waals surface area contributed by atoms with Gasteiger partial charge in [0, 0.05) is 25.7 Å². The number of carboxylic acids is 1. The van der Waals surface area contributed by atoms with Crippen molar-refractivity contribution in [2.45, 2.75) is 103 Å². The molecule has 4 aromatic heterocycles. The summed E-state index contributed by atoms with van der Waals surface area (Å²) in [5.74, 6) is -8.18. The summed E-state index contributed by atoms with van der Waals surface area (Å²) in [6.45, 7) is 10.8. The number of aliphatic carboxylic acids is 1. The van der Waals surface area contributed by atoms with Crippen molar-refractivity contribution in [1.82, 2.24) is 40.0 Å². The minimum atomic E-state index is -1.65. The van der Waals surface area contributed by atoms with Gasteiger partial charge in [-0.05, 0) is 177 Å². The molecule has 18 N–H and O–H groups in total. The summed E-state index contributed by atoms with van der Waals surface area (Å²) >= 11 is 0. The van der Waals surface area contributed by atoms with E-state index in [1.54, 1.807) is 99.6 Å². The van der Waals surface area contributed by atoms with Crippen LogP contribution in [0.2, 0.25) is 0 Å². The summed E-state index contributed by atoms with van der Waals surface area (Å²) in [5.41, 5.74) is 25.3. The number of nitrogens with one attached hydrogen (secondary N) is 5. The number of nitrogens with two attached hydrogens (primary N) is 4. The molecule has 12 rings (SSSR count). The second-order valence-corrected chi connectivity index (χ2v) is 29.2. The molecule has 2 unspecified atom stereocenters. The molecule has 4 aromatic carbocycles. The van der Waals surface area contributed by atoms with E-state index >= 15 is 0 Å². The Hall–Kier alpha value is -14.5.